The zero-order chi connectivity index (χ0) is 9.07. The Balaban J connectivity index is 4.08. The molecule has 0 bridgehead atoms. The molecule has 0 aromatic heterocycles. The smallest absolute Gasteiger partial charge is 0.129 e. The minimum Gasteiger partial charge on any atom is -0.380 e. The summed E-state index contributed by atoms with van der Waals surface area (Å²) >= 11 is 0. The average molecular weight is 170 g/mol. The van der Waals surface area contributed by atoms with Crippen LogP contribution in [-0.2, 0) is 0 Å². The molecule has 0 heterocycles. The molecule has 0 aliphatic heterocycles. The molecule has 1 atom stereocenters. The molecule has 1 nitrogen and oxygen atoms in total. The zero-order valence-corrected chi connectivity index (χ0v) is 9.10. The molecular formula is C9H18OSi. The summed E-state index contributed by atoms with van der Waals surface area (Å²) in [5, 5.41) is 9.34. The predicted octanol–water partition coefficient (Wildman–Crippen LogP) is 1.88. The summed E-state index contributed by atoms with van der Waals surface area (Å²) in [5.74, 6) is 3.14. The van der Waals surface area contributed by atoms with Crippen LogP contribution in [0.5, 0.6) is 0 Å². The van der Waals surface area contributed by atoms with E-state index in [1.807, 2.05) is 13.8 Å². The van der Waals surface area contributed by atoms with Gasteiger partial charge < -0.3 is 5.11 Å². The first-order valence-electron chi connectivity index (χ1n) is 4.03. The monoisotopic (exact) mass is 170 g/mol. The molecule has 0 amide bonds. The van der Waals surface area contributed by atoms with Crippen LogP contribution in [0.2, 0.25) is 19.6 Å². The molecular weight excluding hydrogens is 152 g/mol. The molecule has 1 unspecified atom stereocenters. The minimum atomic E-state index is -1.29. The highest BCUT2D eigenvalue weighted by Crippen LogP contribution is 2.01. The van der Waals surface area contributed by atoms with E-state index in [2.05, 4.69) is 31.1 Å². The van der Waals surface area contributed by atoms with Gasteiger partial charge in [0.05, 0.1) is 0 Å². The Morgan fingerprint density at radius 1 is 1.18 bits per heavy atom. The van der Waals surface area contributed by atoms with Gasteiger partial charge in [-0.15, -0.1) is 5.54 Å². The molecule has 0 aliphatic rings. The number of hydrogen-bond acceptors (Lipinski definition) is 1. The van der Waals surface area contributed by atoms with Crippen molar-refractivity contribution >= 4 is 8.07 Å². The summed E-state index contributed by atoms with van der Waals surface area (Å²) in [6, 6.07) is 0. The lowest BCUT2D eigenvalue weighted by molar-refractivity contribution is 0.181. The van der Waals surface area contributed by atoms with Crippen molar-refractivity contribution in [2.24, 2.45) is 5.92 Å². The Hall–Kier alpha value is -0.263. The Kier molecular flexibility index (Phi) is 3.84. The number of aliphatic hydroxyl groups excluding tert-OH is 1. The van der Waals surface area contributed by atoms with Crippen molar-refractivity contribution in [3.05, 3.63) is 0 Å². The van der Waals surface area contributed by atoms with Crippen molar-refractivity contribution in [2.75, 3.05) is 0 Å². The van der Waals surface area contributed by atoms with Gasteiger partial charge in [0, 0.05) is 0 Å². The van der Waals surface area contributed by atoms with Crippen molar-refractivity contribution in [3.63, 3.8) is 0 Å². The predicted molar refractivity (Wildman–Crippen MR) is 52.0 cm³/mol. The molecule has 0 saturated heterocycles. The van der Waals surface area contributed by atoms with Gasteiger partial charge in [0.1, 0.15) is 14.2 Å². The van der Waals surface area contributed by atoms with Gasteiger partial charge in [-0.1, -0.05) is 39.4 Å². The Morgan fingerprint density at radius 3 is 1.91 bits per heavy atom. The highest BCUT2D eigenvalue weighted by Gasteiger charge is 2.09. The lowest BCUT2D eigenvalue weighted by Gasteiger charge is -2.08. The summed E-state index contributed by atoms with van der Waals surface area (Å²) in [7, 11) is -1.29. The Morgan fingerprint density at radius 2 is 1.64 bits per heavy atom. The molecule has 0 rings (SSSR count). The third-order valence-electron chi connectivity index (χ3n) is 1.23. The highest BCUT2D eigenvalue weighted by molar-refractivity contribution is 6.83. The van der Waals surface area contributed by atoms with Crippen molar-refractivity contribution in [3.8, 4) is 11.5 Å². The van der Waals surface area contributed by atoms with E-state index in [1.165, 1.54) is 0 Å². The van der Waals surface area contributed by atoms with Crippen molar-refractivity contribution in [2.45, 2.75) is 39.6 Å². The summed E-state index contributed by atoms with van der Waals surface area (Å²) in [6.45, 7) is 10.5. The molecule has 0 aromatic rings. The Labute approximate surface area is 70.8 Å². The fourth-order valence-electron chi connectivity index (χ4n) is 0.457. The zero-order valence-electron chi connectivity index (χ0n) is 8.10. The Bertz CT molecular complexity index is 168. The van der Waals surface area contributed by atoms with E-state index in [-0.39, 0.29) is 5.92 Å². The highest BCUT2D eigenvalue weighted by atomic mass is 28.3. The second-order valence-corrected chi connectivity index (χ2v) is 8.96. The average Bonchev–Trinajstić information content (AvgIpc) is 1.80. The minimum absolute atomic E-state index is 0.249. The van der Waals surface area contributed by atoms with Gasteiger partial charge in [0.15, 0.2) is 0 Å². The topological polar surface area (TPSA) is 20.2 Å². The summed E-state index contributed by atoms with van der Waals surface area (Å²) in [4.78, 5) is 0. The third kappa shape index (κ3) is 6.15. The molecule has 0 saturated carbocycles. The van der Waals surface area contributed by atoms with Crippen LogP contribution in [0.4, 0.5) is 0 Å². The van der Waals surface area contributed by atoms with Gasteiger partial charge in [0.25, 0.3) is 0 Å². The third-order valence-corrected chi connectivity index (χ3v) is 2.12. The summed E-state index contributed by atoms with van der Waals surface area (Å²) < 4.78 is 0. The van der Waals surface area contributed by atoms with Crippen LogP contribution >= 0.6 is 0 Å². The fourth-order valence-corrected chi connectivity index (χ4v) is 1.04. The van der Waals surface area contributed by atoms with E-state index >= 15 is 0 Å². The first-order valence-corrected chi connectivity index (χ1v) is 7.53. The molecule has 0 aromatic carbocycles. The van der Waals surface area contributed by atoms with Gasteiger partial charge >= 0.3 is 0 Å². The van der Waals surface area contributed by atoms with E-state index in [0.717, 1.165) is 0 Å². The van der Waals surface area contributed by atoms with Gasteiger partial charge in [-0.25, -0.2) is 0 Å². The number of hydrogen-bond donors (Lipinski definition) is 1. The maximum absolute atomic E-state index is 9.34. The lowest BCUT2D eigenvalue weighted by atomic mass is 10.1. The van der Waals surface area contributed by atoms with Crippen molar-refractivity contribution in [1.82, 2.24) is 0 Å². The van der Waals surface area contributed by atoms with Crippen molar-refractivity contribution in [1.29, 1.82) is 0 Å². The van der Waals surface area contributed by atoms with Crippen LogP contribution in [0.15, 0.2) is 0 Å². The first kappa shape index (κ1) is 10.7. The number of rotatable bonds is 1. The van der Waals surface area contributed by atoms with Crippen LogP contribution in [0.1, 0.15) is 13.8 Å². The molecule has 0 radical (unpaired) electrons. The second-order valence-electron chi connectivity index (χ2n) is 4.21. The summed E-state index contributed by atoms with van der Waals surface area (Å²) in [6.07, 6.45) is -0.443. The normalized spacial score (nSPS) is 14.1. The van der Waals surface area contributed by atoms with E-state index in [0.29, 0.717) is 0 Å². The maximum atomic E-state index is 9.34. The SMILES string of the molecule is CC(C)C(O)C#C[Si](C)(C)C. The molecule has 64 valence electrons. The fraction of sp³-hybridized carbons (Fsp3) is 0.778. The number of aliphatic hydroxyl groups is 1. The van der Waals surface area contributed by atoms with Gasteiger partial charge in [-0.05, 0) is 5.92 Å². The molecule has 1 N–H and O–H groups in total. The molecule has 0 spiro atoms. The van der Waals surface area contributed by atoms with Crippen LogP contribution in [-0.4, -0.2) is 19.3 Å². The molecule has 0 fully saturated rings. The largest absolute Gasteiger partial charge is 0.380 e. The lowest BCUT2D eigenvalue weighted by Crippen LogP contribution is -2.19. The molecule has 11 heavy (non-hydrogen) atoms. The van der Waals surface area contributed by atoms with Crippen LogP contribution in [0.25, 0.3) is 0 Å². The molecule has 2 heteroatoms. The van der Waals surface area contributed by atoms with E-state index in [1.54, 1.807) is 0 Å². The quantitative estimate of drug-likeness (QED) is 0.470. The first-order chi connectivity index (χ1) is 4.83. The standard InChI is InChI=1S/C9H18OSi/c1-8(2)9(10)6-7-11(3,4)5/h8-10H,1-5H3. The van der Waals surface area contributed by atoms with Crippen LogP contribution < -0.4 is 0 Å². The second kappa shape index (κ2) is 3.94. The molecule has 0 aliphatic carbocycles. The van der Waals surface area contributed by atoms with Gasteiger partial charge in [0.2, 0.25) is 0 Å². The van der Waals surface area contributed by atoms with Gasteiger partial charge in [-0.3, -0.25) is 0 Å². The summed E-state index contributed by atoms with van der Waals surface area (Å²) in [5.41, 5.74) is 3.14. The van der Waals surface area contributed by atoms with E-state index < -0.39 is 14.2 Å². The van der Waals surface area contributed by atoms with E-state index in [4.69, 9.17) is 0 Å². The van der Waals surface area contributed by atoms with Crippen LogP contribution in [0, 0.1) is 17.4 Å². The van der Waals surface area contributed by atoms with Crippen LogP contribution in [0.3, 0.4) is 0 Å². The van der Waals surface area contributed by atoms with Crippen molar-refractivity contribution < 1.29 is 5.11 Å². The maximum Gasteiger partial charge on any atom is 0.129 e. The van der Waals surface area contributed by atoms with Gasteiger partial charge in [-0.2, -0.15) is 0 Å². The van der Waals surface area contributed by atoms with E-state index in [9.17, 15) is 5.11 Å².